The van der Waals surface area contributed by atoms with Crippen molar-refractivity contribution in [2.24, 2.45) is 0 Å². The second kappa shape index (κ2) is 10.7. The number of hydrogen-bond donors (Lipinski definition) is 1. The molecule has 5 aromatic rings. The first-order valence-corrected chi connectivity index (χ1v) is 12.6. The third kappa shape index (κ3) is 5.42. The number of benzene rings is 3. The van der Waals surface area contributed by atoms with Crippen molar-refractivity contribution in [3.05, 3.63) is 120 Å². The van der Waals surface area contributed by atoms with Crippen molar-refractivity contribution < 1.29 is 9.21 Å². The number of aryl methyl sites for hydroxylation is 2. The molecule has 7 heteroatoms. The summed E-state index contributed by atoms with van der Waals surface area (Å²) in [5.41, 5.74) is 4.80. The Hall–Kier alpha value is -4.10. The zero-order valence-electron chi connectivity index (χ0n) is 20.1. The van der Waals surface area contributed by atoms with Gasteiger partial charge in [0.15, 0.2) is 11.0 Å². The highest BCUT2D eigenvalue weighted by Crippen LogP contribution is 2.37. The number of nitrogens with one attached hydrogen (secondary N) is 1. The number of anilines is 1. The average molecular weight is 495 g/mol. The normalized spacial score (nSPS) is 11.8. The van der Waals surface area contributed by atoms with Gasteiger partial charge in [-0.25, -0.2) is 0 Å². The van der Waals surface area contributed by atoms with Crippen LogP contribution in [0.25, 0.3) is 11.4 Å². The number of hydrogen-bond acceptors (Lipinski definition) is 5. The number of rotatable bonds is 8. The van der Waals surface area contributed by atoms with Crippen molar-refractivity contribution in [2.75, 3.05) is 5.32 Å². The molecule has 0 aliphatic rings. The monoisotopic (exact) mass is 494 g/mol. The van der Waals surface area contributed by atoms with Crippen molar-refractivity contribution in [2.45, 2.75) is 30.8 Å². The minimum absolute atomic E-state index is 0.120. The summed E-state index contributed by atoms with van der Waals surface area (Å²) in [6, 6.07) is 29.5. The van der Waals surface area contributed by atoms with E-state index in [1.165, 1.54) is 11.8 Å². The van der Waals surface area contributed by atoms with Gasteiger partial charge < -0.3 is 9.73 Å². The molecule has 5 rings (SSSR count). The van der Waals surface area contributed by atoms with Crippen LogP contribution >= 0.6 is 11.8 Å². The van der Waals surface area contributed by atoms with Crippen LogP contribution in [-0.4, -0.2) is 20.7 Å². The minimum atomic E-state index is -0.532. The predicted octanol–water partition coefficient (Wildman–Crippen LogP) is 6.68. The Balaban J connectivity index is 1.51. The van der Waals surface area contributed by atoms with E-state index in [-0.39, 0.29) is 5.91 Å². The van der Waals surface area contributed by atoms with Gasteiger partial charge in [0, 0.05) is 11.3 Å². The van der Waals surface area contributed by atoms with Crippen molar-refractivity contribution in [3.8, 4) is 11.4 Å². The van der Waals surface area contributed by atoms with Crippen molar-refractivity contribution in [1.82, 2.24) is 14.8 Å². The molecule has 2 aromatic heterocycles. The number of carbonyl (C=O) groups is 1. The highest BCUT2D eigenvalue weighted by atomic mass is 32.2. The molecule has 1 amide bonds. The second-order valence-electron chi connectivity index (χ2n) is 8.61. The van der Waals surface area contributed by atoms with Gasteiger partial charge in [-0.15, -0.1) is 10.2 Å². The second-order valence-corrected chi connectivity index (χ2v) is 9.68. The van der Waals surface area contributed by atoms with E-state index in [1.54, 1.807) is 6.26 Å². The Morgan fingerprint density at radius 1 is 0.917 bits per heavy atom. The zero-order chi connectivity index (χ0) is 24.9. The highest BCUT2D eigenvalue weighted by molar-refractivity contribution is 8.00. The average Bonchev–Trinajstić information content (AvgIpc) is 3.53. The molecule has 0 fully saturated rings. The van der Waals surface area contributed by atoms with Gasteiger partial charge in [-0.1, -0.05) is 78.5 Å². The summed E-state index contributed by atoms with van der Waals surface area (Å²) >= 11 is 1.38. The Morgan fingerprint density at radius 3 is 2.28 bits per heavy atom. The van der Waals surface area contributed by atoms with Crippen molar-refractivity contribution in [1.29, 1.82) is 0 Å². The SMILES string of the molecule is Cc1cc(C)cc(NC(=O)[C@@H](Sc2nnc(-c3ccccc3)n2Cc2ccco2)c2ccccc2)c1. The Morgan fingerprint density at radius 2 is 1.61 bits per heavy atom. The number of thioether (sulfide) groups is 1. The number of aromatic nitrogens is 3. The molecule has 2 heterocycles. The summed E-state index contributed by atoms with van der Waals surface area (Å²) in [5.74, 6) is 1.38. The van der Waals surface area contributed by atoms with Crippen LogP contribution in [0.2, 0.25) is 0 Å². The molecule has 3 aromatic carbocycles. The molecule has 0 unspecified atom stereocenters. The van der Waals surface area contributed by atoms with Crippen LogP contribution in [-0.2, 0) is 11.3 Å². The number of amides is 1. The first kappa shape index (κ1) is 23.6. The lowest BCUT2D eigenvalue weighted by Crippen LogP contribution is -2.20. The number of furan rings is 1. The Labute approximate surface area is 214 Å². The van der Waals surface area contributed by atoms with Crippen LogP contribution < -0.4 is 5.32 Å². The largest absolute Gasteiger partial charge is 0.467 e. The first-order chi connectivity index (χ1) is 17.6. The molecule has 1 N–H and O–H groups in total. The van der Waals surface area contributed by atoms with E-state index in [4.69, 9.17) is 4.42 Å². The van der Waals surface area contributed by atoms with Crippen LogP contribution in [0.1, 0.15) is 27.7 Å². The standard InChI is InChI=1S/C29H26N4O2S/c1-20-16-21(2)18-24(17-20)30-28(34)26(22-10-5-3-6-11-22)36-29-32-31-27(23-12-7-4-8-13-23)33(29)19-25-14-9-15-35-25/h3-18,26H,19H2,1-2H3,(H,30,34)/t26-/m0/s1. The summed E-state index contributed by atoms with van der Waals surface area (Å²) in [6.45, 7) is 4.50. The maximum Gasteiger partial charge on any atom is 0.242 e. The molecular weight excluding hydrogens is 468 g/mol. The van der Waals surface area contributed by atoms with Crippen molar-refractivity contribution >= 4 is 23.4 Å². The molecule has 0 saturated carbocycles. The minimum Gasteiger partial charge on any atom is -0.467 e. The van der Waals surface area contributed by atoms with E-state index in [2.05, 4.69) is 21.6 Å². The summed E-state index contributed by atoms with van der Waals surface area (Å²) in [7, 11) is 0. The lowest BCUT2D eigenvalue weighted by atomic mass is 10.1. The first-order valence-electron chi connectivity index (χ1n) is 11.7. The quantitative estimate of drug-likeness (QED) is 0.244. The molecule has 0 radical (unpaired) electrons. The van der Waals surface area contributed by atoms with Gasteiger partial charge in [0.1, 0.15) is 11.0 Å². The summed E-state index contributed by atoms with van der Waals surface area (Å²) in [4.78, 5) is 13.6. The molecule has 6 nitrogen and oxygen atoms in total. The van der Waals surface area contributed by atoms with Gasteiger partial charge in [-0.05, 0) is 54.8 Å². The van der Waals surface area contributed by atoms with E-state index >= 15 is 0 Å². The van der Waals surface area contributed by atoms with Gasteiger partial charge in [0.2, 0.25) is 5.91 Å². The molecule has 0 spiro atoms. The van der Waals surface area contributed by atoms with Crippen LogP contribution in [0.4, 0.5) is 5.69 Å². The molecule has 0 aliphatic carbocycles. The van der Waals surface area contributed by atoms with Crippen LogP contribution in [0.3, 0.4) is 0 Å². The third-order valence-corrected chi connectivity index (χ3v) is 6.93. The van der Waals surface area contributed by atoms with Gasteiger partial charge >= 0.3 is 0 Å². The Bertz CT molecular complexity index is 1430. The zero-order valence-corrected chi connectivity index (χ0v) is 20.9. The molecular formula is C29H26N4O2S. The molecule has 180 valence electrons. The van der Waals surface area contributed by atoms with Gasteiger partial charge in [0.25, 0.3) is 0 Å². The van der Waals surface area contributed by atoms with E-state index in [1.807, 2.05) is 103 Å². The lowest BCUT2D eigenvalue weighted by Gasteiger charge is -2.18. The van der Waals surface area contributed by atoms with Crippen LogP contribution in [0, 0.1) is 13.8 Å². The number of nitrogens with zero attached hydrogens (tertiary/aromatic N) is 3. The smallest absolute Gasteiger partial charge is 0.242 e. The fourth-order valence-electron chi connectivity index (χ4n) is 4.14. The summed E-state index contributed by atoms with van der Waals surface area (Å²) < 4.78 is 7.63. The molecule has 0 aliphatic heterocycles. The highest BCUT2D eigenvalue weighted by Gasteiger charge is 2.26. The van der Waals surface area contributed by atoms with Crippen LogP contribution in [0.5, 0.6) is 0 Å². The maximum absolute atomic E-state index is 13.6. The fraction of sp³-hybridized carbons (Fsp3) is 0.138. The molecule has 0 bridgehead atoms. The van der Waals surface area contributed by atoms with E-state index < -0.39 is 5.25 Å². The molecule has 0 saturated heterocycles. The number of carbonyl (C=O) groups excluding carboxylic acids is 1. The summed E-state index contributed by atoms with van der Waals surface area (Å²) in [6.07, 6.45) is 1.65. The van der Waals surface area contributed by atoms with Gasteiger partial charge in [-0.3, -0.25) is 9.36 Å². The molecule has 36 heavy (non-hydrogen) atoms. The van der Waals surface area contributed by atoms with E-state index in [9.17, 15) is 4.79 Å². The predicted molar refractivity (Wildman–Crippen MR) is 143 cm³/mol. The summed E-state index contributed by atoms with van der Waals surface area (Å²) in [5, 5.41) is 12.2. The van der Waals surface area contributed by atoms with Crippen LogP contribution in [0.15, 0.2) is 107 Å². The van der Waals surface area contributed by atoms with Gasteiger partial charge in [-0.2, -0.15) is 0 Å². The topological polar surface area (TPSA) is 73.0 Å². The third-order valence-electron chi connectivity index (χ3n) is 5.70. The molecule has 1 atom stereocenters. The maximum atomic E-state index is 13.6. The van der Waals surface area contributed by atoms with Crippen molar-refractivity contribution in [3.63, 3.8) is 0 Å². The van der Waals surface area contributed by atoms with E-state index in [0.717, 1.165) is 39.5 Å². The lowest BCUT2D eigenvalue weighted by molar-refractivity contribution is -0.115. The Kier molecular flexibility index (Phi) is 7.00. The van der Waals surface area contributed by atoms with Gasteiger partial charge in [0.05, 0.1) is 12.8 Å². The fourth-order valence-corrected chi connectivity index (χ4v) is 5.17. The van der Waals surface area contributed by atoms with E-state index in [0.29, 0.717) is 11.7 Å².